The van der Waals surface area contributed by atoms with E-state index in [1.807, 2.05) is 13.8 Å². The molecule has 0 aromatic heterocycles. The molecule has 0 bridgehead atoms. The van der Waals surface area contributed by atoms with Crippen molar-refractivity contribution in [1.29, 1.82) is 5.26 Å². The minimum atomic E-state index is -0.157. The van der Waals surface area contributed by atoms with E-state index in [2.05, 4.69) is 23.2 Å². The van der Waals surface area contributed by atoms with E-state index in [1.54, 1.807) is 0 Å². The van der Waals surface area contributed by atoms with Gasteiger partial charge in [0, 0.05) is 19.1 Å². The summed E-state index contributed by atoms with van der Waals surface area (Å²) in [7, 11) is 0. The molecule has 0 saturated carbocycles. The van der Waals surface area contributed by atoms with Gasteiger partial charge in [-0.05, 0) is 46.2 Å². The SMILES string of the molecule is CCCN(CCCC(C)(C)C#N)C1CNC1. The van der Waals surface area contributed by atoms with Crippen LogP contribution in [0, 0.1) is 16.7 Å². The average Bonchev–Trinajstić information content (AvgIpc) is 2.15. The molecule has 3 nitrogen and oxygen atoms in total. The molecule has 1 rings (SSSR count). The summed E-state index contributed by atoms with van der Waals surface area (Å²) >= 11 is 0. The molecule has 0 atom stereocenters. The van der Waals surface area contributed by atoms with Crippen molar-refractivity contribution >= 4 is 0 Å². The first-order chi connectivity index (χ1) is 7.59. The van der Waals surface area contributed by atoms with Crippen LogP contribution >= 0.6 is 0 Å². The number of rotatable bonds is 7. The summed E-state index contributed by atoms with van der Waals surface area (Å²) in [5.41, 5.74) is -0.157. The van der Waals surface area contributed by atoms with Crippen LogP contribution in [-0.4, -0.2) is 37.1 Å². The Bertz CT molecular complexity index is 238. The van der Waals surface area contributed by atoms with Crippen molar-refractivity contribution in [1.82, 2.24) is 10.2 Å². The van der Waals surface area contributed by atoms with Crippen LogP contribution in [0.15, 0.2) is 0 Å². The third-order valence-corrected chi connectivity index (χ3v) is 3.34. The van der Waals surface area contributed by atoms with Crippen molar-refractivity contribution in [3.05, 3.63) is 0 Å². The zero-order chi connectivity index (χ0) is 12.0. The zero-order valence-electron chi connectivity index (χ0n) is 10.9. The van der Waals surface area contributed by atoms with Gasteiger partial charge in [0.05, 0.1) is 11.5 Å². The smallest absolute Gasteiger partial charge is 0.0683 e. The number of hydrogen-bond acceptors (Lipinski definition) is 3. The zero-order valence-corrected chi connectivity index (χ0v) is 10.9. The molecule has 0 aliphatic carbocycles. The molecule has 1 N–H and O–H groups in total. The Hall–Kier alpha value is -0.590. The molecule has 92 valence electrons. The lowest BCUT2D eigenvalue weighted by atomic mass is 9.89. The molecule has 1 saturated heterocycles. The predicted molar refractivity (Wildman–Crippen MR) is 67.1 cm³/mol. The Morgan fingerprint density at radius 1 is 1.38 bits per heavy atom. The van der Waals surface area contributed by atoms with Crippen molar-refractivity contribution in [3.8, 4) is 6.07 Å². The number of nitrogens with zero attached hydrogens (tertiary/aromatic N) is 2. The second-order valence-electron chi connectivity index (χ2n) is 5.45. The fourth-order valence-electron chi connectivity index (χ4n) is 2.08. The third-order valence-electron chi connectivity index (χ3n) is 3.34. The Labute approximate surface area is 99.8 Å². The fourth-order valence-corrected chi connectivity index (χ4v) is 2.08. The normalized spacial score (nSPS) is 17.2. The van der Waals surface area contributed by atoms with E-state index in [9.17, 15) is 0 Å². The largest absolute Gasteiger partial charge is 0.314 e. The summed E-state index contributed by atoms with van der Waals surface area (Å²) in [6.45, 7) is 10.9. The minimum Gasteiger partial charge on any atom is -0.314 e. The first-order valence-corrected chi connectivity index (χ1v) is 6.45. The first kappa shape index (κ1) is 13.5. The van der Waals surface area contributed by atoms with Crippen molar-refractivity contribution < 1.29 is 0 Å². The van der Waals surface area contributed by atoms with E-state index in [0.29, 0.717) is 0 Å². The number of nitrogens with one attached hydrogen (secondary N) is 1. The molecular formula is C13H25N3. The monoisotopic (exact) mass is 223 g/mol. The van der Waals surface area contributed by atoms with E-state index in [-0.39, 0.29) is 5.41 Å². The lowest BCUT2D eigenvalue weighted by Gasteiger charge is -2.38. The van der Waals surface area contributed by atoms with Gasteiger partial charge >= 0.3 is 0 Å². The Morgan fingerprint density at radius 2 is 2.06 bits per heavy atom. The number of nitriles is 1. The lowest BCUT2D eigenvalue weighted by molar-refractivity contribution is 0.139. The van der Waals surface area contributed by atoms with Crippen molar-refractivity contribution in [2.75, 3.05) is 26.2 Å². The van der Waals surface area contributed by atoms with Crippen LogP contribution in [0.1, 0.15) is 40.0 Å². The van der Waals surface area contributed by atoms with Gasteiger partial charge in [0.25, 0.3) is 0 Å². The van der Waals surface area contributed by atoms with Gasteiger partial charge in [0.1, 0.15) is 0 Å². The summed E-state index contributed by atoms with van der Waals surface area (Å²) in [6, 6.07) is 3.11. The summed E-state index contributed by atoms with van der Waals surface area (Å²) in [5.74, 6) is 0. The van der Waals surface area contributed by atoms with Crippen LogP contribution in [0.4, 0.5) is 0 Å². The van der Waals surface area contributed by atoms with E-state index in [4.69, 9.17) is 5.26 Å². The van der Waals surface area contributed by atoms with Crippen molar-refractivity contribution in [2.45, 2.75) is 46.1 Å². The van der Waals surface area contributed by atoms with Gasteiger partial charge < -0.3 is 5.32 Å². The maximum Gasteiger partial charge on any atom is 0.0683 e. The molecule has 0 aromatic carbocycles. The van der Waals surface area contributed by atoms with Crippen LogP contribution in [0.25, 0.3) is 0 Å². The minimum absolute atomic E-state index is 0.157. The van der Waals surface area contributed by atoms with Gasteiger partial charge in [0.15, 0.2) is 0 Å². The van der Waals surface area contributed by atoms with Gasteiger partial charge in [-0.2, -0.15) is 5.26 Å². The highest BCUT2D eigenvalue weighted by atomic mass is 15.2. The van der Waals surface area contributed by atoms with Gasteiger partial charge in [-0.1, -0.05) is 6.92 Å². The summed E-state index contributed by atoms with van der Waals surface area (Å²) in [4.78, 5) is 2.57. The van der Waals surface area contributed by atoms with Crippen LogP contribution in [0.3, 0.4) is 0 Å². The highest BCUT2D eigenvalue weighted by Crippen LogP contribution is 2.21. The van der Waals surface area contributed by atoms with Crippen molar-refractivity contribution in [3.63, 3.8) is 0 Å². The van der Waals surface area contributed by atoms with Crippen LogP contribution in [0.2, 0.25) is 0 Å². The molecular weight excluding hydrogens is 198 g/mol. The quantitative estimate of drug-likeness (QED) is 0.717. The molecule has 1 aliphatic rings. The van der Waals surface area contributed by atoms with E-state index in [1.165, 1.54) is 13.0 Å². The second kappa shape index (κ2) is 6.22. The summed E-state index contributed by atoms with van der Waals surface area (Å²) in [6.07, 6.45) is 3.36. The molecule has 1 fully saturated rings. The van der Waals surface area contributed by atoms with Gasteiger partial charge in [-0.3, -0.25) is 4.90 Å². The van der Waals surface area contributed by atoms with E-state index < -0.39 is 0 Å². The van der Waals surface area contributed by atoms with Gasteiger partial charge in [-0.25, -0.2) is 0 Å². The van der Waals surface area contributed by atoms with E-state index >= 15 is 0 Å². The highest BCUT2D eigenvalue weighted by molar-refractivity contribution is 4.92. The molecule has 0 spiro atoms. The molecule has 3 heteroatoms. The standard InChI is InChI=1S/C13H25N3/c1-4-7-16(12-9-15-10-12)8-5-6-13(2,3)11-14/h12,15H,4-10H2,1-3H3. The number of hydrogen-bond donors (Lipinski definition) is 1. The highest BCUT2D eigenvalue weighted by Gasteiger charge is 2.24. The van der Waals surface area contributed by atoms with E-state index in [0.717, 1.165) is 38.5 Å². The summed E-state index contributed by atoms with van der Waals surface area (Å²) < 4.78 is 0. The third kappa shape index (κ3) is 4.11. The maximum absolute atomic E-state index is 8.96. The van der Waals surface area contributed by atoms with Gasteiger partial charge in [0.2, 0.25) is 0 Å². The predicted octanol–water partition coefficient (Wildman–Crippen LogP) is 2.00. The molecule has 1 aliphatic heterocycles. The fraction of sp³-hybridized carbons (Fsp3) is 0.923. The molecule has 0 radical (unpaired) electrons. The van der Waals surface area contributed by atoms with Crippen molar-refractivity contribution in [2.24, 2.45) is 5.41 Å². The average molecular weight is 223 g/mol. The lowest BCUT2D eigenvalue weighted by Crippen LogP contribution is -2.57. The first-order valence-electron chi connectivity index (χ1n) is 6.45. The maximum atomic E-state index is 8.96. The molecule has 16 heavy (non-hydrogen) atoms. The molecule has 0 amide bonds. The van der Waals surface area contributed by atoms with Crippen LogP contribution in [0.5, 0.6) is 0 Å². The Morgan fingerprint density at radius 3 is 2.50 bits per heavy atom. The van der Waals surface area contributed by atoms with Crippen LogP contribution in [-0.2, 0) is 0 Å². The molecule has 0 aromatic rings. The topological polar surface area (TPSA) is 39.1 Å². The van der Waals surface area contributed by atoms with Gasteiger partial charge in [-0.15, -0.1) is 0 Å². The Balaban J connectivity index is 2.25. The second-order valence-corrected chi connectivity index (χ2v) is 5.45. The molecule has 0 unspecified atom stereocenters. The Kier molecular flexibility index (Phi) is 5.24. The molecule has 1 heterocycles. The van der Waals surface area contributed by atoms with Crippen LogP contribution < -0.4 is 5.32 Å². The summed E-state index contributed by atoms with van der Waals surface area (Å²) in [5, 5.41) is 12.3.